The summed E-state index contributed by atoms with van der Waals surface area (Å²) in [5.41, 5.74) is 1.19. The Balaban J connectivity index is 1.78. The quantitative estimate of drug-likeness (QED) is 0.653. The number of aryl methyl sites for hydroxylation is 1. The maximum Gasteiger partial charge on any atom is 0.121 e. The van der Waals surface area contributed by atoms with Crippen LogP contribution in [0, 0.1) is 6.92 Å². The Kier molecular flexibility index (Phi) is 3.03. The summed E-state index contributed by atoms with van der Waals surface area (Å²) in [7, 11) is 0. The van der Waals surface area contributed by atoms with Gasteiger partial charge in [-0.1, -0.05) is 30.3 Å². The first-order chi connectivity index (χ1) is 8.81. The smallest absolute Gasteiger partial charge is 0.121 e. The van der Waals surface area contributed by atoms with E-state index >= 15 is 0 Å². The molecule has 1 aromatic heterocycles. The molecule has 0 N–H and O–H groups in total. The summed E-state index contributed by atoms with van der Waals surface area (Å²) in [6, 6.07) is 18.7. The van der Waals surface area contributed by atoms with Crippen molar-refractivity contribution in [2.75, 3.05) is 0 Å². The molecule has 0 spiro atoms. The van der Waals surface area contributed by atoms with Gasteiger partial charge in [-0.2, -0.15) is 0 Å². The molecule has 0 saturated heterocycles. The van der Waals surface area contributed by atoms with Crippen molar-refractivity contribution in [3.05, 3.63) is 65.0 Å². The first-order valence-electron chi connectivity index (χ1n) is 5.98. The minimum Gasteiger partial charge on any atom is -0.489 e. The summed E-state index contributed by atoms with van der Waals surface area (Å²) in [4.78, 5) is 1.34. The highest BCUT2D eigenvalue weighted by molar-refractivity contribution is 7.19. The van der Waals surface area contributed by atoms with Crippen LogP contribution in [0.1, 0.15) is 10.4 Å². The predicted octanol–water partition coefficient (Wildman–Crippen LogP) is 4.79. The van der Waals surface area contributed by atoms with Gasteiger partial charge in [-0.25, -0.2) is 0 Å². The van der Waals surface area contributed by atoms with E-state index in [1.54, 1.807) is 0 Å². The fraction of sp³-hybridized carbons (Fsp3) is 0.125. The molecular formula is C16H14OS. The number of ether oxygens (including phenoxy) is 1. The van der Waals surface area contributed by atoms with Gasteiger partial charge in [0.15, 0.2) is 0 Å². The number of hydrogen-bond donors (Lipinski definition) is 0. The molecule has 3 aromatic rings. The molecule has 1 nitrogen and oxygen atoms in total. The van der Waals surface area contributed by atoms with Gasteiger partial charge in [0.05, 0.1) is 0 Å². The van der Waals surface area contributed by atoms with Crippen molar-refractivity contribution in [2.24, 2.45) is 0 Å². The fourth-order valence-electron chi connectivity index (χ4n) is 1.97. The first-order valence-corrected chi connectivity index (χ1v) is 6.80. The van der Waals surface area contributed by atoms with Gasteiger partial charge >= 0.3 is 0 Å². The van der Waals surface area contributed by atoms with Gasteiger partial charge in [0.25, 0.3) is 0 Å². The van der Waals surface area contributed by atoms with Crippen molar-refractivity contribution in [3.8, 4) is 5.75 Å². The van der Waals surface area contributed by atoms with Gasteiger partial charge in [0.2, 0.25) is 0 Å². The number of fused-ring (bicyclic) bond motifs is 1. The number of hydrogen-bond acceptors (Lipinski definition) is 2. The summed E-state index contributed by atoms with van der Waals surface area (Å²) < 4.78 is 7.11. The second-order valence-electron chi connectivity index (χ2n) is 4.33. The average molecular weight is 254 g/mol. The maximum absolute atomic E-state index is 5.82. The molecule has 0 unspecified atom stereocenters. The Morgan fingerprint density at radius 1 is 1.00 bits per heavy atom. The van der Waals surface area contributed by atoms with Crippen molar-refractivity contribution >= 4 is 21.4 Å². The zero-order valence-electron chi connectivity index (χ0n) is 10.2. The zero-order valence-corrected chi connectivity index (χ0v) is 11.0. The number of benzene rings is 2. The standard InChI is InChI=1S/C16H14OS/c1-12-9-14-7-8-15(10-16(14)18-12)17-11-13-5-3-2-4-6-13/h2-10H,11H2,1H3. The van der Waals surface area contributed by atoms with Gasteiger partial charge in [0, 0.05) is 9.58 Å². The number of rotatable bonds is 3. The SMILES string of the molecule is Cc1cc2ccc(OCc3ccccc3)cc2s1. The molecule has 0 amide bonds. The van der Waals surface area contributed by atoms with E-state index in [4.69, 9.17) is 4.74 Å². The lowest BCUT2D eigenvalue weighted by atomic mass is 10.2. The summed E-state index contributed by atoms with van der Waals surface area (Å²) >= 11 is 1.81. The Bertz CT molecular complexity index is 655. The molecule has 0 fully saturated rings. The molecule has 90 valence electrons. The van der Waals surface area contributed by atoms with Crippen LogP contribution in [0.25, 0.3) is 10.1 Å². The predicted molar refractivity (Wildman–Crippen MR) is 77.3 cm³/mol. The lowest BCUT2D eigenvalue weighted by molar-refractivity contribution is 0.306. The topological polar surface area (TPSA) is 9.23 Å². The molecule has 0 saturated carbocycles. The van der Waals surface area contributed by atoms with Crippen LogP contribution in [0.2, 0.25) is 0 Å². The van der Waals surface area contributed by atoms with Crippen LogP contribution in [0.5, 0.6) is 5.75 Å². The molecule has 0 aliphatic rings. The van der Waals surface area contributed by atoms with Crippen LogP contribution in [0.4, 0.5) is 0 Å². The molecule has 2 aromatic carbocycles. The zero-order chi connectivity index (χ0) is 12.4. The van der Waals surface area contributed by atoms with E-state index in [1.807, 2.05) is 35.6 Å². The highest BCUT2D eigenvalue weighted by Gasteiger charge is 2.01. The first kappa shape index (κ1) is 11.3. The van der Waals surface area contributed by atoms with Gasteiger partial charge < -0.3 is 4.74 Å². The lowest BCUT2D eigenvalue weighted by Crippen LogP contribution is -1.94. The molecule has 3 rings (SSSR count). The second kappa shape index (κ2) is 4.83. The minimum atomic E-state index is 0.622. The third-order valence-electron chi connectivity index (χ3n) is 2.86. The average Bonchev–Trinajstić information content (AvgIpc) is 2.77. The fourth-order valence-corrected chi connectivity index (χ4v) is 2.93. The Morgan fingerprint density at radius 3 is 2.67 bits per heavy atom. The summed E-state index contributed by atoms with van der Waals surface area (Å²) in [6.07, 6.45) is 0. The van der Waals surface area contributed by atoms with E-state index in [0.717, 1.165) is 5.75 Å². The second-order valence-corrected chi connectivity index (χ2v) is 5.62. The van der Waals surface area contributed by atoms with E-state index in [9.17, 15) is 0 Å². The van der Waals surface area contributed by atoms with Crippen molar-refractivity contribution in [1.29, 1.82) is 0 Å². The highest BCUT2D eigenvalue weighted by atomic mass is 32.1. The molecule has 0 radical (unpaired) electrons. The molecule has 0 atom stereocenters. The molecular weight excluding hydrogens is 240 g/mol. The highest BCUT2D eigenvalue weighted by Crippen LogP contribution is 2.28. The van der Waals surface area contributed by atoms with Crippen molar-refractivity contribution in [1.82, 2.24) is 0 Å². The summed E-state index contributed by atoms with van der Waals surface area (Å²) in [5.74, 6) is 0.938. The monoisotopic (exact) mass is 254 g/mol. The molecule has 0 bridgehead atoms. The molecule has 0 aliphatic heterocycles. The van der Waals surface area contributed by atoms with Crippen LogP contribution >= 0.6 is 11.3 Å². The third-order valence-corrected chi connectivity index (χ3v) is 3.88. The molecule has 1 heterocycles. The van der Waals surface area contributed by atoms with E-state index in [1.165, 1.54) is 20.5 Å². The Morgan fingerprint density at radius 2 is 1.83 bits per heavy atom. The largest absolute Gasteiger partial charge is 0.489 e. The van der Waals surface area contributed by atoms with E-state index in [-0.39, 0.29) is 0 Å². The van der Waals surface area contributed by atoms with Crippen LogP contribution < -0.4 is 4.74 Å². The van der Waals surface area contributed by atoms with Gasteiger partial charge in [-0.15, -0.1) is 11.3 Å². The maximum atomic E-state index is 5.82. The number of thiophene rings is 1. The van der Waals surface area contributed by atoms with E-state index < -0.39 is 0 Å². The van der Waals surface area contributed by atoms with Gasteiger partial charge in [0.1, 0.15) is 12.4 Å². The summed E-state index contributed by atoms with van der Waals surface area (Å²) in [6.45, 7) is 2.76. The lowest BCUT2D eigenvalue weighted by Gasteiger charge is -2.06. The van der Waals surface area contributed by atoms with Gasteiger partial charge in [-0.05, 0) is 42.1 Å². The van der Waals surface area contributed by atoms with Gasteiger partial charge in [-0.3, -0.25) is 0 Å². The van der Waals surface area contributed by atoms with Crippen molar-refractivity contribution in [3.63, 3.8) is 0 Å². The Hall–Kier alpha value is -1.80. The van der Waals surface area contributed by atoms with Crippen LogP contribution in [0.15, 0.2) is 54.6 Å². The van der Waals surface area contributed by atoms with Crippen LogP contribution in [-0.4, -0.2) is 0 Å². The molecule has 2 heteroatoms. The van der Waals surface area contributed by atoms with E-state index in [2.05, 4.69) is 37.3 Å². The van der Waals surface area contributed by atoms with Crippen molar-refractivity contribution < 1.29 is 4.74 Å². The van der Waals surface area contributed by atoms with Crippen LogP contribution in [0.3, 0.4) is 0 Å². The Labute approximate surface area is 111 Å². The summed E-state index contributed by atoms with van der Waals surface area (Å²) in [5, 5.41) is 1.30. The minimum absolute atomic E-state index is 0.622. The third kappa shape index (κ3) is 2.39. The molecule has 0 aliphatic carbocycles. The molecule has 18 heavy (non-hydrogen) atoms. The van der Waals surface area contributed by atoms with Crippen molar-refractivity contribution in [2.45, 2.75) is 13.5 Å². The normalized spacial score (nSPS) is 10.7. The van der Waals surface area contributed by atoms with Crippen LogP contribution in [-0.2, 0) is 6.61 Å². The van der Waals surface area contributed by atoms with E-state index in [0.29, 0.717) is 6.61 Å².